The van der Waals surface area contributed by atoms with E-state index in [0.29, 0.717) is 24.9 Å². The standard InChI is InChI=1S/C29H35N3O2.H2/c1-2-31-17-14-29(15-18-31)19-25(20-29)28(34)30-16-13-27(33)32-21-24-9-4-3-7-22(24)11-12-23-8-5-6-10-26(23)32;/h3-12,25H,2,13-21H2,1H3,(H,30,34);1H/b12-11-;. The first-order valence-electron chi connectivity index (χ1n) is 12.7. The number of amides is 2. The van der Waals surface area contributed by atoms with E-state index in [-0.39, 0.29) is 19.2 Å². The van der Waals surface area contributed by atoms with Gasteiger partial charge in [-0.2, -0.15) is 0 Å². The Kier molecular flexibility index (Phi) is 6.55. The highest BCUT2D eigenvalue weighted by Gasteiger charge is 2.48. The van der Waals surface area contributed by atoms with E-state index in [2.05, 4.69) is 41.4 Å². The highest BCUT2D eigenvalue weighted by molar-refractivity contribution is 5.97. The summed E-state index contributed by atoms with van der Waals surface area (Å²) in [5, 5.41) is 3.06. The van der Waals surface area contributed by atoms with Crippen molar-refractivity contribution < 1.29 is 11.0 Å². The molecule has 5 nitrogen and oxygen atoms in total. The summed E-state index contributed by atoms with van der Waals surface area (Å²) in [5.41, 5.74) is 4.59. The summed E-state index contributed by atoms with van der Waals surface area (Å²) in [6.07, 6.45) is 8.94. The molecule has 2 aromatic rings. The number of anilines is 1. The molecule has 1 saturated carbocycles. The van der Waals surface area contributed by atoms with Gasteiger partial charge in [-0.3, -0.25) is 9.59 Å². The zero-order valence-corrected chi connectivity index (χ0v) is 20.1. The molecule has 2 amide bonds. The summed E-state index contributed by atoms with van der Waals surface area (Å²) >= 11 is 0. The van der Waals surface area contributed by atoms with E-state index < -0.39 is 0 Å². The van der Waals surface area contributed by atoms with Crippen LogP contribution in [0.5, 0.6) is 0 Å². The molecule has 2 fully saturated rings. The Bertz CT molecular complexity index is 1080. The Morgan fingerprint density at radius 1 is 1.00 bits per heavy atom. The first-order valence-corrected chi connectivity index (χ1v) is 12.7. The number of nitrogens with zero attached hydrogens (tertiary/aromatic N) is 2. The quantitative estimate of drug-likeness (QED) is 0.687. The summed E-state index contributed by atoms with van der Waals surface area (Å²) in [7, 11) is 0. The molecule has 34 heavy (non-hydrogen) atoms. The molecule has 0 atom stereocenters. The van der Waals surface area contributed by atoms with Crippen LogP contribution in [-0.2, 0) is 16.1 Å². The molecule has 2 aliphatic heterocycles. The van der Waals surface area contributed by atoms with E-state index in [1.807, 2.05) is 41.3 Å². The van der Waals surface area contributed by atoms with Gasteiger partial charge in [-0.25, -0.2) is 0 Å². The average molecular weight is 460 g/mol. The smallest absolute Gasteiger partial charge is 0.229 e. The zero-order chi connectivity index (χ0) is 23.5. The third-order valence-electron chi connectivity index (χ3n) is 8.09. The minimum Gasteiger partial charge on any atom is -0.355 e. The van der Waals surface area contributed by atoms with Crippen LogP contribution >= 0.6 is 0 Å². The fraction of sp³-hybridized carbons (Fsp3) is 0.448. The first-order chi connectivity index (χ1) is 16.6. The molecule has 1 spiro atoms. The molecule has 1 saturated heterocycles. The highest BCUT2D eigenvalue weighted by atomic mass is 16.2. The lowest BCUT2D eigenvalue weighted by atomic mass is 9.57. The van der Waals surface area contributed by atoms with Crippen molar-refractivity contribution in [3.05, 3.63) is 65.2 Å². The third kappa shape index (κ3) is 4.67. The van der Waals surface area contributed by atoms with Crippen LogP contribution in [0, 0.1) is 11.3 Å². The lowest BCUT2D eigenvalue weighted by molar-refractivity contribution is -0.135. The number of rotatable bonds is 5. The van der Waals surface area contributed by atoms with E-state index >= 15 is 0 Å². The van der Waals surface area contributed by atoms with E-state index in [4.69, 9.17) is 0 Å². The number of para-hydroxylation sites is 1. The SMILES string of the molecule is CCN1CCC2(CC1)CC(C(=O)NCCC(=O)N1Cc3ccccc3/C=C\c3ccccc31)C2.[HH]. The number of likely N-dealkylation sites (tertiary alicyclic amines) is 1. The van der Waals surface area contributed by atoms with Crippen LogP contribution in [0.25, 0.3) is 12.2 Å². The first kappa shape index (κ1) is 22.9. The van der Waals surface area contributed by atoms with Gasteiger partial charge in [0.25, 0.3) is 0 Å². The Labute approximate surface area is 204 Å². The second kappa shape index (κ2) is 9.75. The monoisotopic (exact) mass is 459 g/mol. The van der Waals surface area contributed by atoms with Crippen molar-refractivity contribution in [2.75, 3.05) is 31.1 Å². The highest BCUT2D eigenvalue weighted by Crippen LogP contribution is 2.52. The van der Waals surface area contributed by atoms with Gasteiger partial charge in [0.15, 0.2) is 0 Å². The molecule has 5 rings (SSSR count). The molecule has 5 heteroatoms. The Hall–Kier alpha value is -2.92. The minimum atomic E-state index is 0. The van der Waals surface area contributed by atoms with Crippen molar-refractivity contribution in [1.82, 2.24) is 10.2 Å². The molecule has 180 valence electrons. The normalized spacial score (nSPS) is 20.4. The summed E-state index contributed by atoms with van der Waals surface area (Å²) in [4.78, 5) is 30.4. The fourth-order valence-corrected chi connectivity index (χ4v) is 5.87. The van der Waals surface area contributed by atoms with Crippen LogP contribution in [0.2, 0.25) is 0 Å². The Morgan fingerprint density at radius 2 is 1.68 bits per heavy atom. The lowest BCUT2D eigenvalue weighted by Gasteiger charge is -2.51. The number of nitrogens with one attached hydrogen (secondary N) is 1. The number of piperidine rings is 1. The van der Waals surface area contributed by atoms with Gasteiger partial charge in [0.2, 0.25) is 11.8 Å². The predicted octanol–water partition coefficient (Wildman–Crippen LogP) is 4.97. The lowest BCUT2D eigenvalue weighted by Crippen LogP contribution is -2.51. The number of fused-ring (bicyclic) bond motifs is 2. The van der Waals surface area contributed by atoms with Gasteiger partial charge in [0, 0.05) is 20.3 Å². The van der Waals surface area contributed by atoms with Crippen LogP contribution in [0.1, 0.15) is 57.1 Å². The molecule has 2 heterocycles. The van der Waals surface area contributed by atoms with E-state index in [0.717, 1.165) is 54.9 Å². The second-order valence-corrected chi connectivity index (χ2v) is 10.2. The number of carbonyl (C=O) groups excluding carboxylic acids is 2. The molecular weight excluding hydrogens is 422 g/mol. The van der Waals surface area contributed by atoms with Crippen LogP contribution in [0.3, 0.4) is 0 Å². The second-order valence-electron chi connectivity index (χ2n) is 10.2. The average Bonchev–Trinajstić information content (AvgIpc) is 2.84. The predicted molar refractivity (Wildman–Crippen MR) is 139 cm³/mol. The molecule has 0 radical (unpaired) electrons. The van der Waals surface area contributed by atoms with Gasteiger partial charge in [0.1, 0.15) is 0 Å². The van der Waals surface area contributed by atoms with Gasteiger partial charge in [-0.1, -0.05) is 61.5 Å². The maximum absolute atomic E-state index is 13.3. The van der Waals surface area contributed by atoms with Gasteiger partial charge >= 0.3 is 0 Å². The molecule has 0 unspecified atom stereocenters. The number of benzene rings is 2. The van der Waals surface area contributed by atoms with E-state index in [9.17, 15) is 9.59 Å². The maximum Gasteiger partial charge on any atom is 0.229 e. The summed E-state index contributed by atoms with van der Waals surface area (Å²) in [5.74, 6) is 0.273. The Balaban J connectivity index is 0.00000289. The topological polar surface area (TPSA) is 52.7 Å². The van der Waals surface area contributed by atoms with Crippen molar-refractivity contribution in [2.45, 2.75) is 45.6 Å². The summed E-state index contributed by atoms with van der Waals surface area (Å²) in [6.45, 7) is 6.59. The molecule has 3 aliphatic rings. The van der Waals surface area contributed by atoms with Gasteiger partial charge in [-0.15, -0.1) is 0 Å². The van der Waals surface area contributed by atoms with Crippen molar-refractivity contribution >= 4 is 29.7 Å². The maximum atomic E-state index is 13.3. The molecule has 0 aromatic heterocycles. The van der Waals surface area contributed by atoms with Gasteiger partial charge < -0.3 is 15.1 Å². The van der Waals surface area contributed by atoms with Crippen molar-refractivity contribution in [1.29, 1.82) is 0 Å². The van der Waals surface area contributed by atoms with Crippen molar-refractivity contribution in [3.63, 3.8) is 0 Å². The number of hydrogen-bond acceptors (Lipinski definition) is 3. The third-order valence-corrected chi connectivity index (χ3v) is 8.09. The van der Waals surface area contributed by atoms with Gasteiger partial charge in [0.05, 0.1) is 12.2 Å². The molecule has 0 bridgehead atoms. The number of carbonyl (C=O) groups is 2. The molecule has 1 N–H and O–H groups in total. The van der Waals surface area contributed by atoms with Crippen LogP contribution in [0.4, 0.5) is 5.69 Å². The molecule has 2 aromatic carbocycles. The van der Waals surface area contributed by atoms with Crippen LogP contribution in [0.15, 0.2) is 48.5 Å². The van der Waals surface area contributed by atoms with Crippen molar-refractivity contribution in [3.8, 4) is 0 Å². The van der Waals surface area contributed by atoms with E-state index in [1.165, 1.54) is 12.8 Å². The number of hydrogen-bond donors (Lipinski definition) is 1. The van der Waals surface area contributed by atoms with Gasteiger partial charge in [-0.05, 0) is 73.5 Å². The summed E-state index contributed by atoms with van der Waals surface area (Å²) < 4.78 is 0. The largest absolute Gasteiger partial charge is 0.355 e. The Morgan fingerprint density at radius 3 is 2.44 bits per heavy atom. The van der Waals surface area contributed by atoms with Crippen LogP contribution in [-0.4, -0.2) is 42.9 Å². The van der Waals surface area contributed by atoms with Crippen LogP contribution < -0.4 is 10.2 Å². The van der Waals surface area contributed by atoms with E-state index in [1.54, 1.807) is 0 Å². The molecule has 1 aliphatic carbocycles. The zero-order valence-electron chi connectivity index (χ0n) is 20.1. The minimum absolute atomic E-state index is 0. The van der Waals surface area contributed by atoms with Crippen molar-refractivity contribution in [2.24, 2.45) is 11.3 Å². The molecular formula is C29H37N3O2. The summed E-state index contributed by atoms with van der Waals surface area (Å²) in [6, 6.07) is 16.2. The fourth-order valence-electron chi connectivity index (χ4n) is 5.87.